The molecular formula is C20H14N4O3S. The van der Waals surface area contributed by atoms with E-state index in [9.17, 15) is 8.42 Å². The molecule has 0 aromatic heterocycles. The van der Waals surface area contributed by atoms with Gasteiger partial charge in [0.2, 0.25) is 0 Å². The molecule has 0 saturated heterocycles. The fraction of sp³-hybridized carbons (Fsp3) is 0. The van der Waals surface area contributed by atoms with Gasteiger partial charge in [0.05, 0.1) is 11.4 Å². The number of fused-ring (bicyclic) bond motifs is 2. The first-order valence-corrected chi connectivity index (χ1v) is 9.72. The van der Waals surface area contributed by atoms with Crippen LogP contribution in [0.25, 0.3) is 21.5 Å². The minimum atomic E-state index is -4.37. The van der Waals surface area contributed by atoms with Gasteiger partial charge in [-0.2, -0.15) is 8.42 Å². The van der Waals surface area contributed by atoms with Crippen molar-refractivity contribution in [3.63, 3.8) is 0 Å². The topological polar surface area (TPSA) is 92.8 Å². The fourth-order valence-corrected chi connectivity index (χ4v) is 3.14. The van der Waals surface area contributed by atoms with E-state index in [1.165, 1.54) is 0 Å². The molecular weight excluding hydrogens is 376 g/mol. The van der Waals surface area contributed by atoms with Crippen LogP contribution in [0.1, 0.15) is 0 Å². The van der Waals surface area contributed by atoms with Crippen LogP contribution < -0.4 is 0 Å². The highest BCUT2D eigenvalue weighted by Gasteiger charge is 2.10. The van der Waals surface area contributed by atoms with E-state index in [0.29, 0.717) is 11.4 Å². The predicted molar refractivity (Wildman–Crippen MR) is 107 cm³/mol. The predicted octanol–water partition coefficient (Wildman–Crippen LogP) is 6.04. The molecule has 0 unspecified atom stereocenters. The van der Waals surface area contributed by atoms with Gasteiger partial charge in [0.15, 0.2) is 0 Å². The Morgan fingerprint density at radius 2 is 1.11 bits per heavy atom. The van der Waals surface area contributed by atoms with Gasteiger partial charge in [-0.1, -0.05) is 72.8 Å². The molecule has 0 fully saturated rings. The maximum atomic E-state index is 12.0. The van der Waals surface area contributed by atoms with E-state index < -0.39 is 10.3 Å². The number of hydrogen-bond donors (Lipinski definition) is 0. The van der Waals surface area contributed by atoms with Crippen LogP contribution in [0, 0.1) is 0 Å². The summed E-state index contributed by atoms with van der Waals surface area (Å²) in [6.07, 6.45) is 0. The lowest BCUT2D eigenvalue weighted by atomic mass is 10.1. The summed E-state index contributed by atoms with van der Waals surface area (Å²) in [5.41, 5.74) is 0.899. The van der Waals surface area contributed by atoms with Crippen LogP contribution in [0.4, 0.5) is 11.4 Å². The first-order chi connectivity index (χ1) is 13.6. The third kappa shape index (κ3) is 3.86. The van der Waals surface area contributed by atoms with Crippen molar-refractivity contribution in [1.29, 1.82) is 0 Å². The molecule has 0 radical (unpaired) electrons. The molecule has 4 aromatic rings. The van der Waals surface area contributed by atoms with Crippen LogP contribution in [0.15, 0.2) is 105 Å². The zero-order valence-electron chi connectivity index (χ0n) is 14.5. The molecule has 0 bridgehead atoms. The first-order valence-electron chi connectivity index (χ1n) is 8.36. The van der Waals surface area contributed by atoms with E-state index in [1.54, 1.807) is 24.3 Å². The smallest absolute Gasteiger partial charge is 0.229 e. The van der Waals surface area contributed by atoms with Gasteiger partial charge in [-0.05, 0) is 27.4 Å². The van der Waals surface area contributed by atoms with Gasteiger partial charge in [-0.25, -0.2) is 4.28 Å². The molecule has 7 nitrogen and oxygen atoms in total. The highest BCUT2D eigenvalue weighted by atomic mass is 32.2. The van der Waals surface area contributed by atoms with Gasteiger partial charge >= 0.3 is 10.3 Å². The van der Waals surface area contributed by atoms with E-state index in [0.717, 1.165) is 21.5 Å². The van der Waals surface area contributed by atoms with Crippen molar-refractivity contribution < 1.29 is 12.7 Å². The Morgan fingerprint density at radius 3 is 1.71 bits per heavy atom. The molecule has 138 valence electrons. The van der Waals surface area contributed by atoms with Crippen LogP contribution in [0.2, 0.25) is 0 Å². The Bertz CT molecular complexity index is 1310. The largest absolute Gasteiger partial charge is 0.467 e. The van der Waals surface area contributed by atoms with Gasteiger partial charge in [-0.3, -0.25) is 0 Å². The number of rotatable bonds is 5. The average Bonchev–Trinajstić information content (AvgIpc) is 2.72. The molecule has 0 aliphatic heterocycles. The minimum absolute atomic E-state index is 0.413. The van der Waals surface area contributed by atoms with Crippen molar-refractivity contribution in [2.24, 2.45) is 20.0 Å². The molecule has 0 heterocycles. The fourth-order valence-electron chi connectivity index (χ4n) is 2.80. The summed E-state index contributed by atoms with van der Waals surface area (Å²) in [5, 5.41) is 14.4. The van der Waals surface area contributed by atoms with Crippen LogP contribution in [0.3, 0.4) is 0 Å². The summed E-state index contributed by atoms with van der Waals surface area (Å²) in [6.45, 7) is 0. The third-order valence-electron chi connectivity index (χ3n) is 4.06. The number of nitrogens with zero attached hydrogens (tertiary/aromatic N) is 4. The monoisotopic (exact) mass is 390 g/mol. The van der Waals surface area contributed by atoms with Gasteiger partial charge in [0.1, 0.15) is 0 Å². The Hall–Kier alpha value is -3.65. The Morgan fingerprint density at radius 1 is 0.607 bits per heavy atom. The minimum Gasteiger partial charge on any atom is -0.229 e. The molecule has 0 N–H and O–H groups in total. The first kappa shape index (κ1) is 17.7. The average molecular weight is 390 g/mol. The summed E-state index contributed by atoms with van der Waals surface area (Å²) in [6, 6.07) is 25.8. The second-order valence-electron chi connectivity index (χ2n) is 5.86. The lowest BCUT2D eigenvalue weighted by Crippen LogP contribution is -1.94. The van der Waals surface area contributed by atoms with Gasteiger partial charge in [-0.15, -0.1) is 10.2 Å². The zero-order valence-corrected chi connectivity index (χ0v) is 15.3. The molecule has 0 aliphatic carbocycles. The van der Waals surface area contributed by atoms with Gasteiger partial charge < -0.3 is 0 Å². The summed E-state index contributed by atoms with van der Waals surface area (Å²) in [5.74, 6) is 0. The summed E-state index contributed by atoms with van der Waals surface area (Å²) >= 11 is 0. The molecule has 0 atom stereocenters. The normalized spacial score (nSPS) is 12.3. The van der Waals surface area contributed by atoms with Crippen LogP contribution in [0.5, 0.6) is 0 Å². The van der Waals surface area contributed by atoms with Crippen molar-refractivity contribution in [3.8, 4) is 0 Å². The molecule has 4 aromatic carbocycles. The van der Waals surface area contributed by atoms with Crippen molar-refractivity contribution in [3.05, 3.63) is 84.9 Å². The van der Waals surface area contributed by atoms with Gasteiger partial charge in [0, 0.05) is 16.1 Å². The maximum absolute atomic E-state index is 12.0. The molecule has 0 amide bonds. The highest BCUT2D eigenvalue weighted by Crippen LogP contribution is 2.27. The Kier molecular flexibility index (Phi) is 4.77. The van der Waals surface area contributed by atoms with E-state index in [4.69, 9.17) is 0 Å². The van der Waals surface area contributed by atoms with Crippen molar-refractivity contribution in [1.82, 2.24) is 0 Å². The second-order valence-corrected chi connectivity index (χ2v) is 7.03. The molecule has 0 spiro atoms. The quantitative estimate of drug-likeness (QED) is 0.307. The van der Waals surface area contributed by atoms with Crippen molar-refractivity contribution >= 4 is 43.2 Å². The molecule has 4 rings (SSSR count). The van der Waals surface area contributed by atoms with Crippen LogP contribution >= 0.6 is 0 Å². The van der Waals surface area contributed by atoms with Crippen molar-refractivity contribution in [2.45, 2.75) is 0 Å². The molecule has 0 aliphatic rings. The Balaban J connectivity index is 1.54. The lowest BCUT2D eigenvalue weighted by molar-refractivity contribution is 0.313. The molecule has 28 heavy (non-hydrogen) atoms. The lowest BCUT2D eigenvalue weighted by Gasteiger charge is -2.00. The number of benzene rings is 4. The SMILES string of the molecule is O=S(=O)(N=Nc1cccc2ccccc12)ON=Nc1cccc2ccccc12. The zero-order chi connectivity index (χ0) is 19.4. The standard InChI is InChI=1S/C20H14N4O3S/c25-28(26,24-22-20-14-6-10-16-8-2-4-12-18(16)20)27-23-21-19-13-5-9-15-7-1-3-11-17(15)19/h1-14H. The summed E-state index contributed by atoms with van der Waals surface area (Å²) < 4.78 is 31.7. The third-order valence-corrected chi connectivity index (χ3v) is 4.59. The van der Waals surface area contributed by atoms with E-state index in [1.807, 2.05) is 60.7 Å². The highest BCUT2D eigenvalue weighted by molar-refractivity contribution is 7.85. The number of hydrogen-bond acceptors (Lipinski definition) is 6. The summed E-state index contributed by atoms with van der Waals surface area (Å²) in [4.78, 5) is 0. The van der Waals surface area contributed by atoms with Crippen LogP contribution in [-0.2, 0) is 14.6 Å². The van der Waals surface area contributed by atoms with Gasteiger partial charge in [0.25, 0.3) is 0 Å². The van der Waals surface area contributed by atoms with Crippen molar-refractivity contribution in [2.75, 3.05) is 0 Å². The van der Waals surface area contributed by atoms with E-state index in [2.05, 4.69) is 24.3 Å². The molecule has 8 heteroatoms. The van der Waals surface area contributed by atoms with Crippen LogP contribution in [-0.4, -0.2) is 8.42 Å². The van der Waals surface area contributed by atoms with E-state index >= 15 is 0 Å². The Labute approximate surface area is 161 Å². The summed E-state index contributed by atoms with van der Waals surface area (Å²) in [7, 11) is -4.37. The second kappa shape index (κ2) is 7.53. The maximum Gasteiger partial charge on any atom is 0.467 e. The molecule has 0 saturated carbocycles. The van der Waals surface area contributed by atoms with E-state index in [-0.39, 0.29) is 0 Å².